The van der Waals surface area contributed by atoms with Crippen LogP contribution >= 0.6 is 23.2 Å². The highest BCUT2D eigenvalue weighted by Crippen LogP contribution is 2.27. The van der Waals surface area contributed by atoms with E-state index < -0.39 is 16.6 Å². The molecule has 0 heterocycles. The predicted molar refractivity (Wildman–Crippen MR) is 73.0 cm³/mol. The Morgan fingerprint density at radius 2 is 1.78 bits per heavy atom. The van der Waals surface area contributed by atoms with E-state index in [0.29, 0.717) is 15.6 Å². The fourth-order valence-electron chi connectivity index (χ4n) is 1.51. The van der Waals surface area contributed by atoms with Crippen LogP contribution in [0.25, 0.3) is 0 Å². The zero-order valence-electron chi connectivity index (χ0n) is 9.20. The highest BCUT2D eigenvalue weighted by atomic mass is 35.5. The molecule has 0 saturated heterocycles. The number of benzene rings is 2. The molecule has 5 heteroatoms. The van der Waals surface area contributed by atoms with Gasteiger partial charge in [-0.1, -0.05) is 47.5 Å². The summed E-state index contributed by atoms with van der Waals surface area (Å²) in [4.78, 5) is 0.175. The summed E-state index contributed by atoms with van der Waals surface area (Å²) in [5.74, 6) is -0.339. The molecule has 0 aliphatic heterocycles. The smallest absolute Gasteiger partial charge is 0.139 e. The highest BCUT2D eigenvalue weighted by Gasteiger charge is 2.12. The van der Waals surface area contributed by atoms with E-state index in [9.17, 15) is 8.60 Å². The minimum absolute atomic E-state index is 0.139. The van der Waals surface area contributed by atoms with Gasteiger partial charge >= 0.3 is 0 Å². The molecule has 2 aromatic rings. The summed E-state index contributed by atoms with van der Waals surface area (Å²) in [6.07, 6.45) is 0. The van der Waals surface area contributed by atoms with Crippen molar-refractivity contribution < 1.29 is 8.60 Å². The van der Waals surface area contributed by atoms with E-state index in [-0.39, 0.29) is 10.6 Å². The molecular weight excluding hydrogens is 294 g/mol. The van der Waals surface area contributed by atoms with Crippen LogP contribution in [-0.4, -0.2) is 4.21 Å². The Kier molecular flexibility index (Phi) is 4.38. The Labute approximate surface area is 117 Å². The van der Waals surface area contributed by atoms with E-state index in [2.05, 4.69) is 0 Å². The van der Waals surface area contributed by atoms with Crippen LogP contribution in [0.15, 0.2) is 47.4 Å². The average Bonchev–Trinajstić information content (AvgIpc) is 2.35. The van der Waals surface area contributed by atoms with Crippen molar-refractivity contribution in [2.24, 2.45) is 0 Å². The monoisotopic (exact) mass is 302 g/mol. The van der Waals surface area contributed by atoms with Crippen LogP contribution in [0.4, 0.5) is 4.39 Å². The van der Waals surface area contributed by atoms with Crippen molar-refractivity contribution in [1.82, 2.24) is 0 Å². The van der Waals surface area contributed by atoms with Crippen molar-refractivity contribution in [1.29, 1.82) is 0 Å². The molecule has 1 atom stereocenters. The third-order valence-electron chi connectivity index (χ3n) is 2.40. The maximum atomic E-state index is 13.5. The first-order chi connectivity index (χ1) is 8.59. The van der Waals surface area contributed by atoms with Gasteiger partial charge in [0.2, 0.25) is 0 Å². The van der Waals surface area contributed by atoms with Crippen molar-refractivity contribution in [2.45, 2.75) is 10.6 Å². The molecule has 0 amide bonds. The summed E-state index contributed by atoms with van der Waals surface area (Å²) < 4.78 is 25.5. The molecule has 0 aliphatic carbocycles. The zero-order valence-corrected chi connectivity index (χ0v) is 11.5. The molecule has 0 aliphatic rings. The Morgan fingerprint density at radius 1 is 1.06 bits per heavy atom. The molecule has 0 aromatic heterocycles. The summed E-state index contributed by atoms with van der Waals surface area (Å²) in [7, 11) is -1.48. The maximum Gasteiger partial charge on any atom is 0.139 e. The van der Waals surface area contributed by atoms with Gasteiger partial charge in [0.25, 0.3) is 0 Å². The average molecular weight is 303 g/mol. The molecular formula is C13H9Cl2FOS. The standard InChI is InChI=1S/C13H9Cl2FOS/c14-10-5-3-4-9(13(10)15)8-18(17)12-7-2-1-6-11(12)16/h1-7H,8H2. The van der Waals surface area contributed by atoms with Crippen molar-refractivity contribution in [3.63, 3.8) is 0 Å². The van der Waals surface area contributed by atoms with Crippen LogP contribution in [0.5, 0.6) is 0 Å². The second-order valence-electron chi connectivity index (χ2n) is 3.63. The molecule has 2 aromatic carbocycles. The SMILES string of the molecule is O=S(Cc1cccc(Cl)c1Cl)c1ccccc1F. The summed E-state index contributed by atoms with van der Waals surface area (Å²) in [5, 5.41) is 0.767. The van der Waals surface area contributed by atoms with Crippen LogP contribution in [0.3, 0.4) is 0 Å². The molecule has 1 nitrogen and oxygen atoms in total. The van der Waals surface area contributed by atoms with Crippen molar-refractivity contribution in [3.05, 3.63) is 63.9 Å². The van der Waals surface area contributed by atoms with Crippen LogP contribution in [0.1, 0.15) is 5.56 Å². The van der Waals surface area contributed by atoms with Crippen molar-refractivity contribution in [2.75, 3.05) is 0 Å². The summed E-state index contributed by atoms with van der Waals surface area (Å²) in [6, 6.07) is 11.1. The molecule has 0 radical (unpaired) electrons. The Balaban J connectivity index is 2.27. The molecule has 94 valence electrons. The molecule has 2 rings (SSSR count). The Morgan fingerprint density at radius 3 is 2.50 bits per heavy atom. The molecule has 0 N–H and O–H groups in total. The molecule has 18 heavy (non-hydrogen) atoms. The minimum Gasteiger partial charge on any atom is -0.254 e. The normalized spacial score (nSPS) is 12.4. The number of halogens is 3. The zero-order chi connectivity index (χ0) is 13.1. The highest BCUT2D eigenvalue weighted by molar-refractivity contribution is 7.84. The van der Waals surface area contributed by atoms with Crippen LogP contribution < -0.4 is 0 Å². The summed E-state index contributed by atoms with van der Waals surface area (Å²) in [5.41, 5.74) is 0.644. The quantitative estimate of drug-likeness (QED) is 0.819. The van der Waals surface area contributed by atoms with Crippen LogP contribution in [-0.2, 0) is 16.6 Å². The van der Waals surface area contributed by atoms with Gasteiger partial charge in [0.15, 0.2) is 0 Å². The van der Waals surface area contributed by atoms with Gasteiger partial charge in [-0.2, -0.15) is 0 Å². The molecule has 0 saturated carbocycles. The summed E-state index contributed by atoms with van der Waals surface area (Å²) in [6.45, 7) is 0. The van der Waals surface area contributed by atoms with Gasteiger partial charge in [0.05, 0.1) is 31.5 Å². The fraction of sp³-hybridized carbons (Fsp3) is 0.0769. The van der Waals surface area contributed by atoms with E-state index in [0.717, 1.165) is 0 Å². The largest absolute Gasteiger partial charge is 0.254 e. The lowest BCUT2D eigenvalue weighted by atomic mass is 10.2. The second-order valence-corrected chi connectivity index (χ2v) is 5.84. The minimum atomic E-state index is -1.48. The molecule has 0 bridgehead atoms. The van der Waals surface area contributed by atoms with E-state index in [1.165, 1.54) is 12.1 Å². The number of hydrogen-bond acceptors (Lipinski definition) is 1. The summed E-state index contributed by atoms with van der Waals surface area (Å²) >= 11 is 11.9. The first kappa shape index (κ1) is 13.5. The first-order valence-electron chi connectivity index (χ1n) is 5.15. The number of hydrogen-bond donors (Lipinski definition) is 0. The van der Waals surface area contributed by atoms with Gasteiger partial charge in [-0.15, -0.1) is 0 Å². The number of rotatable bonds is 3. The lowest BCUT2D eigenvalue weighted by Crippen LogP contribution is -1.99. The lowest BCUT2D eigenvalue weighted by Gasteiger charge is -2.06. The van der Waals surface area contributed by atoms with Gasteiger partial charge in [-0.05, 0) is 23.8 Å². The third-order valence-corrected chi connectivity index (χ3v) is 4.65. The molecule has 0 fully saturated rings. The lowest BCUT2D eigenvalue weighted by molar-refractivity contribution is 0.595. The van der Waals surface area contributed by atoms with Crippen LogP contribution in [0.2, 0.25) is 10.0 Å². The van der Waals surface area contributed by atoms with E-state index >= 15 is 0 Å². The first-order valence-corrected chi connectivity index (χ1v) is 7.23. The van der Waals surface area contributed by atoms with Gasteiger partial charge in [-0.3, -0.25) is 4.21 Å². The van der Waals surface area contributed by atoms with E-state index in [1.807, 2.05) is 0 Å². The van der Waals surface area contributed by atoms with E-state index in [4.69, 9.17) is 23.2 Å². The fourth-order valence-corrected chi connectivity index (χ4v) is 3.17. The molecule has 0 spiro atoms. The third kappa shape index (κ3) is 2.91. The van der Waals surface area contributed by atoms with Gasteiger partial charge in [0, 0.05) is 0 Å². The predicted octanol–water partition coefficient (Wildman–Crippen LogP) is 4.44. The van der Waals surface area contributed by atoms with Gasteiger partial charge < -0.3 is 0 Å². The van der Waals surface area contributed by atoms with Crippen molar-refractivity contribution >= 4 is 34.0 Å². The maximum absolute atomic E-state index is 13.5. The Hall–Kier alpha value is -0.900. The second kappa shape index (κ2) is 5.83. The van der Waals surface area contributed by atoms with Crippen LogP contribution in [0, 0.1) is 5.82 Å². The van der Waals surface area contributed by atoms with Crippen molar-refractivity contribution in [3.8, 4) is 0 Å². The van der Waals surface area contributed by atoms with Gasteiger partial charge in [0.1, 0.15) is 5.82 Å². The van der Waals surface area contributed by atoms with Gasteiger partial charge in [-0.25, -0.2) is 4.39 Å². The topological polar surface area (TPSA) is 17.1 Å². The Bertz CT molecular complexity index is 601. The van der Waals surface area contributed by atoms with E-state index in [1.54, 1.807) is 30.3 Å². The molecule has 1 unspecified atom stereocenters.